The first kappa shape index (κ1) is 15.1. The largest absolute Gasteiger partial charge is 0.395 e. The Balaban J connectivity index is 1.93. The van der Waals surface area contributed by atoms with Gasteiger partial charge in [0.15, 0.2) is 0 Å². The molecule has 1 heterocycles. The normalized spacial score (nSPS) is 18.0. The van der Waals surface area contributed by atoms with Crippen LogP contribution in [0.15, 0.2) is 24.3 Å². The maximum Gasteiger partial charge on any atom is 0.321 e. The molecule has 20 heavy (non-hydrogen) atoms. The Kier molecular flexibility index (Phi) is 5.64. The number of hydrogen-bond donors (Lipinski definition) is 3. The van der Waals surface area contributed by atoms with Crippen LogP contribution in [0.4, 0.5) is 10.5 Å². The quantitative estimate of drug-likeness (QED) is 0.778. The number of amides is 2. The Morgan fingerprint density at radius 1 is 1.45 bits per heavy atom. The SMILES string of the molecule is O=C(Nc1ccc(Cl)cc1)N(CCO)CC1CCCN1. The number of hydrogen-bond acceptors (Lipinski definition) is 3. The Labute approximate surface area is 123 Å². The van der Waals surface area contributed by atoms with Crippen molar-refractivity contribution < 1.29 is 9.90 Å². The van der Waals surface area contributed by atoms with E-state index in [1.165, 1.54) is 0 Å². The molecule has 0 aromatic heterocycles. The first-order valence-electron chi connectivity index (χ1n) is 6.85. The Morgan fingerprint density at radius 3 is 2.80 bits per heavy atom. The van der Waals surface area contributed by atoms with Crippen LogP contribution in [-0.4, -0.2) is 48.3 Å². The Hall–Kier alpha value is -1.30. The highest BCUT2D eigenvalue weighted by Gasteiger charge is 2.21. The standard InChI is InChI=1S/C14H20ClN3O2/c15-11-3-5-12(6-4-11)17-14(20)18(8-9-19)10-13-2-1-7-16-13/h3-6,13,16,19H,1-2,7-10H2,(H,17,20). The average Bonchev–Trinajstić information content (AvgIpc) is 2.94. The van der Waals surface area contributed by atoms with E-state index in [2.05, 4.69) is 10.6 Å². The van der Waals surface area contributed by atoms with Crippen LogP contribution in [0, 0.1) is 0 Å². The molecule has 1 aromatic rings. The van der Waals surface area contributed by atoms with E-state index in [9.17, 15) is 4.79 Å². The molecule has 0 bridgehead atoms. The maximum atomic E-state index is 12.2. The van der Waals surface area contributed by atoms with Crippen molar-refractivity contribution in [1.29, 1.82) is 0 Å². The van der Waals surface area contributed by atoms with Gasteiger partial charge >= 0.3 is 6.03 Å². The van der Waals surface area contributed by atoms with E-state index in [4.69, 9.17) is 16.7 Å². The van der Waals surface area contributed by atoms with E-state index >= 15 is 0 Å². The van der Waals surface area contributed by atoms with Crippen molar-refractivity contribution in [2.75, 3.05) is 31.6 Å². The van der Waals surface area contributed by atoms with Gasteiger partial charge in [0, 0.05) is 29.8 Å². The molecule has 110 valence electrons. The molecule has 2 rings (SSSR count). The van der Waals surface area contributed by atoms with Gasteiger partial charge in [-0.15, -0.1) is 0 Å². The first-order chi connectivity index (χ1) is 9.69. The zero-order valence-electron chi connectivity index (χ0n) is 11.3. The van der Waals surface area contributed by atoms with Gasteiger partial charge in [-0.25, -0.2) is 4.79 Å². The summed E-state index contributed by atoms with van der Waals surface area (Å²) in [6.45, 7) is 1.90. The van der Waals surface area contributed by atoms with Crippen molar-refractivity contribution in [1.82, 2.24) is 10.2 Å². The monoisotopic (exact) mass is 297 g/mol. The lowest BCUT2D eigenvalue weighted by Gasteiger charge is -2.25. The van der Waals surface area contributed by atoms with Gasteiger partial charge in [0.1, 0.15) is 0 Å². The molecule has 1 unspecified atom stereocenters. The molecule has 1 atom stereocenters. The van der Waals surface area contributed by atoms with Gasteiger partial charge in [-0.05, 0) is 43.7 Å². The molecule has 1 aromatic carbocycles. The van der Waals surface area contributed by atoms with Gasteiger partial charge in [-0.2, -0.15) is 0 Å². The van der Waals surface area contributed by atoms with E-state index in [1.807, 2.05) is 0 Å². The summed E-state index contributed by atoms with van der Waals surface area (Å²) in [7, 11) is 0. The summed E-state index contributed by atoms with van der Waals surface area (Å²) < 4.78 is 0. The fourth-order valence-electron chi connectivity index (χ4n) is 2.31. The van der Waals surface area contributed by atoms with E-state index in [0.29, 0.717) is 29.8 Å². The molecule has 2 amide bonds. The minimum atomic E-state index is -0.199. The third-order valence-electron chi connectivity index (χ3n) is 3.36. The van der Waals surface area contributed by atoms with Crippen molar-refractivity contribution in [3.8, 4) is 0 Å². The van der Waals surface area contributed by atoms with Crippen LogP contribution in [0.3, 0.4) is 0 Å². The number of carbonyl (C=O) groups excluding carboxylic acids is 1. The zero-order chi connectivity index (χ0) is 14.4. The highest BCUT2D eigenvalue weighted by atomic mass is 35.5. The number of aliphatic hydroxyl groups excluding tert-OH is 1. The number of halogens is 1. The average molecular weight is 298 g/mol. The maximum absolute atomic E-state index is 12.2. The highest BCUT2D eigenvalue weighted by Crippen LogP contribution is 2.14. The predicted molar refractivity (Wildman–Crippen MR) is 80.2 cm³/mol. The van der Waals surface area contributed by atoms with Gasteiger partial charge in [0.05, 0.1) is 6.61 Å². The molecule has 1 aliphatic rings. The van der Waals surface area contributed by atoms with E-state index < -0.39 is 0 Å². The lowest BCUT2D eigenvalue weighted by molar-refractivity contribution is 0.182. The molecule has 5 nitrogen and oxygen atoms in total. The summed E-state index contributed by atoms with van der Waals surface area (Å²) in [5.74, 6) is 0. The minimum Gasteiger partial charge on any atom is -0.395 e. The predicted octanol–water partition coefficient (Wildman–Crippen LogP) is 1.92. The van der Waals surface area contributed by atoms with Crippen LogP contribution in [0.25, 0.3) is 0 Å². The molecule has 0 radical (unpaired) electrons. The molecule has 6 heteroatoms. The Morgan fingerprint density at radius 2 is 2.20 bits per heavy atom. The number of nitrogens with one attached hydrogen (secondary N) is 2. The minimum absolute atomic E-state index is 0.0409. The first-order valence-corrected chi connectivity index (χ1v) is 7.22. The summed E-state index contributed by atoms with van der Waals surface area (Å²) >= 11 is 5.81. The molecular weight excluding hydrogens is 278 g/mol. The smallest absolute Gasteiger partial charge is 0.321 e. The number of nitrogens with zero attached hydrogens (tertiary/aromatic N) is 1. The highest BCUT2D eigenvalue weighted by molar-refractivity contribution is 6.30. The lowest BCUT2D eigenvalue weighted by Crippen LogP contribution is -2.44. The number of aliphatic hydroxyl groups is 1. The second-order valence-electron chi connectivity index (χ2n) is 4.90. The molecule has 3 N–H and O–H groups in total. The lowest BCUT2D eigenvalue weighted by atomic mass is 10.2. The second kappa shape index (κ2) is 7.47. The number of carbonyl (C=O) groups is 1. The van der Waals surface area contributed by atoms with Crippen LogP contribution >= 0.6 is 11.6 Å². The molecule has 1 fully saturated rings. The van der Waals surface area contributed by atoms with E-state index in [0.717, 1.165) is 19.4 Å². The summed E-state index contributed by atoms with van der Waals surface area (Å²) in [6.07, 6.45) is 2.20. The van der Waals surface area contributed by atoms with E-state index in [-0.39, 0.29) is 12.6 Å². The van der Waals surface area contributed by atoms with Crippen molar-refractivity contribution >= 4 is 23.3 Å². The van der Waals surface area contributed by atoms with Crippen LogP contribution in [-0.2, 0) is 0 Å². The van der Waals surface area contributed by atoms with Crippen molar-refractivity contribution in [2.45, 2.75) is 18.9 Å². The van der Waals surface area contributed by atoms with Gasteiger partial charge in [0.2, 0.25) is 0 Å². The molecule has 0 saturated carbocycles. The van der Waals surface area contributed by atoms with Crippen LogP contribution in [0.1, 0.15) is 12.8 Å². The summed E-state index contributed by atoms with van der Waals surface area (Å²) in [6, 6.07) is 7.08. The number of rotatable bonds is 5. The molecule has 0 aliphatic carbocycles. The van der Waals surface area contributed by atoms with E-state index in [1.54, 1.807) is 29.2 Å². The number of anilines is 1. The van der Waals surface area contributed by atoms with Crippen LogP contribution in [0.2, 0.25) is 5.02 Å². The second-order valence-corrected chi connectivity index (χ2v) is 5.34. The topological polar surface area (TPSA) is 64.6 Å². The Bertz CT molecular complexity index is 433. The van der Waals surface area contributed by atoms with Gasteiger partial charge in [-0.3, -0.25) is 0 Å². The summed E-state index contributed by atoms with van der Waals surface area (Å²) in [5, 5.41) is 15.9. The third kappa shape index (κ3) is 4.37. The third-order valence-corrected chi connectivity index (χ3v) is 3.61. The fraction of sp³-hybridized carbons (Fsp3) is 0.500. The van der Waals surface area contributed by atoms with Gasteiger partial charge in [0.25, 0.3) is 0 Å². The van der Waals surface area contributed by atoms with Crippen molar-refractivity contribution in [3.63, 3.8) is 0 Å². The molecular formula is C14H20ClN3O2. The number of benzene rings is 1. The summed E-state index contributed by atoms with van der Waals surface area (Å²) in [4.78, 5) is 13.9. The fourth-order valence-corrected chi connectivity index (χ4v) is 2.44. The summed E-state index contributed by atoms with van der Waals surface area (Å²) in [5.41, 5.74) is 0.696. The van der Waals surface area contributed by atoms with Crippen LogP contribution in [0.5, 0.6) is 0 Å². The molecule has 0 spiro atoms. The molecule has 1 saturated heterocycles. The van der Waals surface area contributed by atoms with Crippen molar-refractivity contribution in [3.05, 3.63) is 29.3 Å². The van der Waals surface area contributed by atoms with Crippen LogP contribution < -0.4 is 10.6 Å². The zero-order valence-corrected chi connectivity index (χ0v) is 12.1. The van der Waals surface area contributed by atoms with Crippen molar-refractivity contribution in [2.24, 2.45) is 0 Å². The molecule has 1 aliphatic heterocycles. The number of urea groups is 1. The van der Waals surface area contributed by atoms with Gasteiger partial charge < -0.3 is 20.6 Å². The van der Waals surface area contributed by atoms with Gasteiger partial charge in [-0.1, -0.05) is 11.6 Å².